The summed E-state index contributed by atoms with van der Waals surface area (Å²) in [6.07, 6.45) is -0.991. The summed E-state index contributed by atoms with van der Waals surface area (Å²) in [7, 11) is 0. The van der Waals surface area contributed by atoms with Gasteiger partial charge in [0.25, 0.3) is 0 Å². The highest BCUT2D eigenvalue weighted by atomic mass is 16.8. The molecule has 5 nitrogen and oxygen atoms in total. The summed E-state index contributed by atoms with van der Waals surface area (Å²) >= 11 is 0. The Bertz CT molecular complexity index is 577. The predicted molar refractivity (Wildman–Crippen MR) is 97.2 cm³/mol. The van der Waals surface area contributed by atoms with Crippen molar-refractivity contribution < 1.29 is 19.0 Å². The quantitative estimate of drug-likeness (QED) is 0.874. The van der Waals surface area contributed by atoms with E-state index in [1.54, 1.807) is 0 Å². The molecule has 0 unspecified atom stereocenters. The van der Waals surface area contributed by atoms with Crippen LogP contribution in [0.1, 0.15) is 60.1 Å². The second-order valence-corrected chi connectivity index (χ2v) is 8.35. The molecule has 1 fully saturated rings. The van der Waals surface area contributed by atoms with Gasteiger partial charge in [0, 0.05) is 0 Å². The molecule has 2 rings (SSSR count). The summed E-state index contributed by atoms with van der Waals surface area (Å²) in [6.45, 7) is 13.4. The minimum Gasteiger partial charge on any atom is -0.444 e. The molecule has 0 radical (unpaired) electrons. The molecule has 1 aromatic carbocycles. The lowest BCUT2D eigenvalue weighted by atomic mass is 9.92. The van der Waals surface area contributed by atoms with Crippen LogP contribution in [-0.4, -0.2) is 29.6 Å². The zero-order valence-electron chi connectivity index (χ0n) is 16.3. The molecule has 0 spiro atoms. The monoisotopic (exact) mass is 349 g/mol. The highest BCUT2D eigenvalue weighted by Gasteiger charge is 2.47. The fraction of sp³-hybridized carbons (Fsp3) is 0.650. The Balaban J connectivity index is 2.24. The van der Waals surface area contributed by atoms with Gasteiger partial charge in [0.15, 0.2) is 5.79 Å². The third-order valence-corrected chi connectivity index (χ3v) is 4.01. The number of nitrogens with one attached hydrogen (secondary N) is 1. The van der Waals surface area contributed by atoms with E-state index in [-0.39, 0.29) is 24.2 Å². The predicted octanol–water partition coefficient (Wildman–Crippen LogP) is 4.43. The van der Waals surface area contributed by atoms with Gasteiger partial charge >= 0.3 is 6.09 Å². The molecule has 0 aliphatic carbocycles. The molecule has 1 aromatic rings. The SMILES string of the molecule is CC(C)[C@@H](NC(=O)OC(C)(C)C)[C@@H]1OC(C)(C)O[C@H]1c1ccccc1. The van der Waals surface area contributed by atoms with Crippen molar-refractivity contribution >= 4 is 6.09 Å². The van der Waals surface area contributed by atoms with Gasteiger partial charge in [0.2, 0.25) is 0 Å². The summed E-state index contributed by atoms with van der Waals surface area (Å²) in [6, 6.07) is 9.74. The highest BCUT2D eigenvalue weighted by Crippen LogP contribution is 2.40. The molecule has 1 amide bonds. The molecule has 0 aromatic heterocycles. The third-order valence-electron chi connectivity index (χ3n) is 4.01. The van der Waals surface area contributed by atoms with Crippen LogP contribution >= 0.6 is 0 Å². The van der Waals surface area contributed by atoms with Crippen LogP contribution in [0.15, 0.2) is 30.3 Å². The van der Waals surface area contributed by atoms with Gasteiger partial charge in [-0.2, -0.15) is 0 Å². The Labute approximate surface area is 151 Å². The standard InChI is InChI=1S/C20H31NO4/c1-13(2)15(21-18(22)25-19(3,4)5)17-16(23-20(6,7)24-17)14-11-9-8-10-12-14/h8-13,15-17H,1-7H3,(H,21,22)/t15-,16+,17+/m1/s1. The van der Waals surface area contributed by atoms with E-state index in [2.05, 4.69) is 19.2 Å². The highest BCUT2D eigenvalue weighted by molar-refractivity contribution is 5.68. The normalized spacial score (nSPS) is 24.2. The molecular weight excluding hydrogens is 318 g/mol. The van der Waals surface area contributed by atoms with Crippen molar-refractivity contribution in [3.8, 4) is 0 Å². The molecule has 1 saturated heterocycles. The van der Waals surface area contributed by atoms with Crippen molar-refractivity contribution in [2.45, 2.75) is 78.1 Å². The number of ether oxygens (including phenoxy) is 3. The minimum atomic E-state index is -0.714. The Kier molecular flexibility index (Phi) is 5.79. The van der Waals surface area contributed by atoms with E-state index in [1.807, 2.05) is 65.0 Å². The Morgan fingerprint density at radius 2 is 1.76 bits per heavy atom. The summed E-state index contributed by atoms with van der Waals surface area (Å²) in [5.74, 6) is -0.560. The lowest BCUT2D eigenvalue weighted by Gasteiger charge is -2.31. The van der Waals surface area contributed by atoms with E-state index < -0.39 is 17.5 Å². The first-order valence-corrected chi connectivity index (χ1v) is 8.88. The Hall–Kier alpha value is -1.59. The zero-order valence-corrected chi connectivity index (χ0v) is 16.3. The number of carbonyl (C=O) groups excluding carboxylic acids is 1. The van der Waals surface area contributed by atoms with Gasteiger partial charge in [-0.3, -0.25) is 0 Å². The van der Waals surface area contributed by atoms with Gasteiger partial charge in [-0.1, -0.05) is 44.2 Å². The van der Waals surface area contributed by atoms with Crippen molar-refractivity contribution in [1.82, 2.24) is 5.32 Å². The molecule has 140 valence electrons. The summed E-state index contributed by atoms with van der Waals surface area (Å²) in [5, 5.41) is 2.99. The first-order chi connectivity index (χ1) is 11.5. The van der Waals surface area contributed by atoms with Crippen LogP contribution in [0.4, 0.5) is 4.79 Å². The summed E-state index contributed by atoms with van der Waals surface area (Å²) in [5.41, 5.74) is 0.492. The van der Waals surface area contributed by atoms with E-state index in [0.29, 0.717) is 0 Å². The van der Waals surface area contributed by atoms with Crippen molar-refractivity contribution in [2.75, 3.05) is 0 Å². The van der Waals surface area contributed by atoms with Gasteiger partial charge in [-0.25, -0.2) is 4.79 Å². The van der Waals surface area contributed by atoms with Crippen molar-refractivity contribution in [3.63, 3.8) is 0 Å². The van der Waals surface area contributed by atoms with Crippen molar-refractivity contribution in [3.05, 3.63) is 35.9 Å². The van der Waals surface area contributed by atoms with Crippen LogP contribution < -0.4 is 5.32 Å². The molecule has 0 bridgehead atoms. The number of amides is 1. The van der Waals surface area contributed by atoms with E-state index in [4.69, 9.17) is 14.2 Å². The lowest BCUT2D eigenvalue weighted by molar-refractivity contribution is -0.150. The fourth-order valence-electron chi connectivity index (χ4n) is 3.02. The molecule has 1 aliphatic rings. The number of hydrogen-bond donors (Lipinski definition) is 1. The van der Waals surface area contributed by atoms with Gasteiger partial charge in [0.1, 0.15) is 17.8 Å². The average molecular weight is 349 g/mol. The Morgan fingerprint density at radius 3 is 2.28 bits per heavy atom. The third kappa shape index (κ3) is 5.44. The number of hydrogen-bond acceptors (Lipinski definition) is 4. The minimum absolute atomic E-state index is 0.154. The largest absolute Gasteiger partial charge is 0.444 e. The molecule has 3 atom stereocenters. The maximum Gasteiger partial charge on any atom is 0.407 e. The number of benzene rings is 1. The molecule has 1 aliphatic heterocycles. The summed E-state index contributed by atoms with van der Waals surface area (Å²) in [4.78, 5) is 12.3. The van der Waals surface area contributed by atoms with Gasteiger partial charge in [-0.05, 0) is 46.1 Å². The average Bonchev–Trinajstić information content (AvgIpc) is 2.79. The van der Waals surface area contributed by atoms with Crippen LogP contribution in [0.2, 0.25) is 0 Å². The van der Waals surface area contributed by atoms with Crippen LogP contribution in [0.5, 0.6) is 0 Å². The van der Waals surface area contributed by atoms with Crippen LogP contribution in [0, 0.1) is 5.92 Å². The molecular formula is C20H31NO4. The van der Waals surface area contributed by atoms with E-state index >= 15 is 0 Å². The first kappa shape index (κ1) is 19.7. The fourth-order valence-corrected chi connectivity index (χ4v) is 3.02. The zero-order chi connectivity index (χ0) is 18.8. The van der Waals surface area contributed by atoms with Crippen LogP contribution in [-0.2, 0) is 14.2 Å². The molecule has 1 N–H and O–H groups in total. The van der Waals surface area contributed by atoms with Gasteiger partial charge < -0.3 is 19.5 Å². The van der Waals surface area contributed by atoms with E-state index in [1.165, 1.54) is 0 Å². The van der Waals surface area contributed by atoms with Crippen LogP contribution in [0.25, 0.3) is 0 Å². The maximum atomic E-state index is 12.3. The topological polar surface area (TPSA) is 56.8 Å². The second kappa shape index (κ2) is 7.34. The van der Waals surface area contributed by atoms with Gasteiger partial charge in [-0.15, -0.1) is 0 Å². The second-order valence-electron chi connectivity index (χ2n) is 8.35. The van der Waals surface area contributed by atoms with E-state index in [0.717, 1.165) is 5.56 Å². The lowest BCUT2D eigenvalue weighted by Crippen LogP contribution is -2.50. The first-order valence-electron chi connectivity index (χ1n) is 8.88. The molecule has 5 heteroatoms. The summed E-state index contributed by atoms with van der Waals surface area (Å²) < 4.78 is 17.7. The van der Waals surface area contributed by atoms with Crippen molar-refractivity contribution in [1.29, 1.82) is 0 Å². The molecule has 0 saturated carbocycles. The number of rotatable bonds is 4. The van der Waals surface area contributed by atoms with Crippen molar-refractivity contribution in [2.24, 2.45) is 5.92 Å². The van der Waals surface area contributed by atoms with Crippen LogP contribution in [0.3, 0.4) is 0 Å². The smallest absolute Gasteiger partial charge is 0.407 e. The Morgan fingerprint density at radius 1 is 1.16 bits per heavy atom. The number of carbonyl (C=O) groups is 1. The van der Waals surface area contributed by atoms with Gasteiger partial charge in [0.05, 0.1) is 6.04 Å². The molecule has 25 heavy (non-hydrogen) atoms. The maximum absolute atomic E-state index is 12.3. The number of alkyl carbamates (subject to hydrolysis) is 1. The molecule has 1 heterocycles. The van der Waals surface area contributed by atoms with E-state index in [9.17, 15) is 4.79 Å².